The number of hydrogen-bond acceptors (Lipinski definition) is 2. The van der Waals surface area contributed by atoms with E-state index in [-0.39, 0.29) is 0 Å². The largest absolute Gasteiger partial charge is 0.381 e. The zero-order valence-electron chi connectivity index (χ0n) is 8.04. The highest BCUT2D eigenvalue weighted by atomic mass is 35.5. The third-order valence-electron chi connectivity index (χ3n) is 3.19. The molecule has 0 aliphatic carbocycles. The summed E-state index contributed by atoms with van der Waals surface area (Å²) in [4.78, 5) is 2.55. The molecule has 3 heteroatoms. The van der Waals surface area contributed by atoms with E-state index >= 15 is 0 Å². The predicted octanol–water partition coefficient (Wildman–Crippen LogP) is 1.73. The van der Waals surface area contributed by atoms with E-state index in [1.165, 1.54) is 32.4 Å². The molecule has 2 heterocycles. The van der Waals surface area contributed by atoms with Crippen LogP contribution in [0.25, 0.3) is 0 Å². The SMILES string of the molecule is ClC[C@@H]1CCCN1CC1CCOC1. The van der Waals surface area contributed by atoms with Crippen LogP contribution in [0.15, 0.2) is 0 Å². The van der Waals surface area contributed by atoms with E-state index in [9.17, 15) is 0 Å². The minimum Gasteiger partial charge on any atom is -0.381 e. The Labute approximate surface area is 85.2 Å². The summed E-state index contributed by atoms with van der Waals surface area (Å²) in [7, 11) is 0. The van der Waals surface area contributed by atoms with Crippen LogP contribution in [0.5, 0.6) is 0 Å². The molecule has 76 valence electrons. The van der Waals surface area contributed by atoms with Gasteiger partial charge in [-0.25, -0.2) is 0 Å². The molecule has 0 aromatic rings. The number of halogens is 1. The Bertz CT molecular complexity index is 159. The van der Waals surface area contributed by atoms with Crippen molar-refractivity contribution in [1.82, 2.24) is 4.90 Å². The zero-order chi connectivity index (χ0) is 9.10. The first kappa shape index (κ1) is 9.75. The highest BCUT2D eigenvalue weighted by Crippen LogP contribution is 2.22. The molecule has 2 aliphatic heterocycles. The molecular formula is C10H18ClNO. The van der Waals surface area contributed by atoms with Crippen LogP contribution in [0.2, 0.25) is 0 Å². The van der Waals surface area contributed by atoms with E-state index in [1.54, 1.807) is 0 Å². The van der Waals surface area contributed by atoms with E-state index in [2.05, 4.69) is 4.90 Å². The van der Waals surface area contributed by atoms with Crippen molar-refractivity contribution in [3.63, 3.8) is 0 Å². The second kappa shape index (κ2) is 4.63. The Kier molecular flexibility index (Phi) is 3.47. The quantitative estimate of drug-likeness (QED) is 0.648. The van der Waals surface area contributed by atoms with Gasteiger partial charge in [0.15, 0.2) is 0 Å². The van der Waals surface area contributed by atoms with Crippen LogP contribution in [-0.4, -0.2) is 43.1 Å². The highest BCUT2D eigenvalue weighted by Gasteiger charge is 2.27. The van der Waals surface area contributed by atoms with Crippen molar-refractivity contribution in [2.24, 2.45) is 5.92 Å². The summed E-state index contributed by atoms with van der Waals surface area (Å²) in [5.41, 5.74) is 0. The van der Waals surface area contributed by atoms with Crippen LogP contribution in [0.1, 0.15) is 19.3 Å². The molecule has 0 aromatic heterocycles. The fraction of sp³-hybridized carbons (Fsp3) is 1.00. The molecule has 0 amide bonds. The fourth-order valence-electron chi connectivity index (χ4n) is 2.37. The first-order valence-electron chi connectivity index (χ1n) is 5.28. The third-order valence-corrected chi connectivity index (χ3v) is 3.55. The van der Waals surface area contributed by atoms with Gasteiger partial charge in [0, 0.05) is 25.1 Å². The lowest BCUT2D eigenvalue weighted by Crippen LogP contribution is -2.35. The van der Waals surface area contributed by atoms with Gasteiger partial charge in [0.05, 0.1) is 6.61 Å². The van der Waals surface area contributed by atoms with Crippen molar-refractivity contribution in [2.45, 2.75) is 25.3 Å². The summed E-state index contributed by atoms with van der Waals surface area (Å²) < 4.78 is 5.38. The van der Waals surface area contributed by atoms with Gasteiger partial charge < -0.3 is 4.74 Å². The van der Waals surface area contributed by atoms with Crippen molar-refractivity contribution in [2.75, 3.05) is 32.2 Å². The van der Waals surface area contributed by atoms with Crippen LogP contribution >= 0.6 is 11.6 Å². The van der Waals surface area contributed by atoms with Gasteiger partial charge in [0.25, 0.3) is 0 Å². The zero-order valence-corrected chi connectivity index (χ0v) is 8.80. The monoisotopic (exact) mass is 203 g/mol. The summed E-state index contributed by atoms with van der Waals surface area (Å²) in [6.45, 7) is 4.38. The fourth-order valence-corrected chi connectivity index (χ4v) is 2.72. The molecule has 2 aliphatic rings. The standard InChI is InChI=1S/C10H18ClNO/c11-6-10-2-1-4-12(10)7-9-3-5-13-8-9/h9-10H,1-8H2/t9?,10-/m0/s1. The highest BCUT2D eigenvalue weighted by molar-refractivity contribution is 6.18. The summed E-state index contributed by atoms with van der Waals surface area (Å²) in [6.07, 6.45) is 3.85. The molecule has 0 saturated carbocycles. The normalized spacial score (nSPS) is 35.8. The number of ether oxygens (including phenoxy) is 1. The smallest absolute Gasteiger partial charge is 0.0507 e. The van der Waals surface area contributed by atoms with Crippen molar-refractivity contribution >= 4 is 11.6 Å². The minimum atomic E-state index is 0.641. The Balaban J connectivity index is 1.79. The van der Waals surface area contributed by atoms with E-state index in [4.69, 9.17) is 16.3 Å². The summed E-state index contributed by atoms with van der Waals surface area (Å²) in [6, 6.07) is 0.641. The lowest BCUT2D eigenvalue weighted by molar-refractivity contribution is 0.165. The lowest BCUT2D eigenvalue weighted by Gasteiger charge is -2.24. The number of hydrogen-bond donors (Lipinski definition) is 0. The van der Waals surface area contributed by atoms with Crippen molar-refractivity contribution in [1.29, 1.82) is 0 Å². The van der Waals surface area contributed by atoms with Crippen LogP contribution in [0, 0.1) is 5.92 Å². The van der Waals surface area contributed by atoms with Crippen molar-refractivity contribution in [3.8, 4) is 0 Å². The maximum atomic E-state index is 5.92. The van der Waals surface area contributed by atoms with Gasteiger partial charge in [-0.1, -0.05) is 0 Å². The van der Waals surface area contributed by atoms with Crippen LogP contribution < -0.4 is 0 Å². The van der Waals surface area contributed by atoms with Crippen molar-refractivity contribution < 1.29 is 4.74 Å². The number of rotatable bonds is 3. The van der Waals surface area contributed by atoms with Crippen LogP contribution in [0.3, 0.4) is 0 Å². The Morgan fingerprint density at radius 3 is 3.00 bits per heavy atom. The van der Waals surface area contributed by atoms with Gasteiger partial charge >= 0.3 is 0 Å². The molecule has 0 radical (unpaired) electrons. The van der Waals surface area contributed by atoms with Gasteiger partial charge in [-0.05, 0) is 31.7 Å². The first-order chi connectivity index (χ1) is 6.40. The molecule has 2 saturated heterocycles. The second-order valence-corrected chi connectivity index (χ2v) is 4.48. The van der Waals surface area contributed by atoms with Gasteiger partial charge in [0.1, 0.15) is 0 Å². The first-order valence-corrected chi connectivity index (χ1v) is 5.81. The summed E-state index contributed by atoms with van der Waals surface area (Å²) in [5, 5.41) is 0. The molecule has 2 atom stereocenters. The molecule has 2 nitrogen and oxygen atoms in total. The molecule has 0 bridgehead atoms. The molecule has 13 heavy (non-hydrogen) atoms. The van der Waals surface area contributed by atoms with Crippen molar-refractivity contribution in [3.05, 3.63) is 0 Å². The van der Waals surface area contributed by atoms with Crippen LogP contribution in [0.4, 0.5) is 0 Å². The molecular weight excluding hydrogens is 186 g/mol. The van der Waals surface area contributed by atoms with Gasteiger partial charge in [-0.2, -0.15) is 0 Å². The van der Waals surface area contributed by atoms with Gasteiger partial charge in [-0.3, -0.25) is 4.90 Å². The Hall–Kier alpha value is 0.210. The maximum absolute atomic E-state index is 5.92. The van der Waals surface area contributed by atoms with E-state index in [1.807, 2.05) is 0 Å². The lowest BCUT2D eigenvalue weighted by atomic mass is 10.1. The average Bonchev–Trinajstić information content (AvgIpc) is 2.76. The van der Waals surface area contributed by atoms with Gasteiger partial charge in [0.2, 0.25) is 0 Å². The molecule has 2 fully saturated rings. The number of alkyl halides is 1. The van der Waals surface area contributed by atoms with E-state index < -0.39 is 0 Å². The topological polar surface area (TPSA) is 12.5 Å². The summed E-state index contributed by atoms with van der Waals surface area (Å²) >= 11 is 5.92. The second-order valence-electron chi connectivity index (χ2n) is 4.17. The van der Waals surface area contributed by atoms with E-state index in [0.29, 0.717) is 6.04 Å². The number of nitrogens with zero attached hydrogens (tertiary/aromatic N) is 1. The Morgan fingerprint density at radius 1 is 1.38 bits per heavy atom. The Morgan fingerprint density at radius 2 is 2.31 bits per heavy atom. The predicted molar refractivity (Wildman–Crippen MR) is 54.2 cm³/mol. The summed E-state index contributed by atoms with van der Waals surface area (Å²) in [5.74, 6) is 1.57. The molecule has 1 unspecified atom stereocenters. The molecule has 0 spiro atoms. The average molecular weight is 204 g/mol. The molecule has 2 rings (SSSR count). The molecule has 0 N–H and O–H groups in total. The molecule has 0 aromatic carbocycles. The van der Waals surface area contributed by atoms with Gasteiger partial charge in [-0.15, -0.1) is 11.6 Å². The maximum Gasteiger partial charge on any atom is 0.0507 e. The number of likely N-dealkylation sites (tertiary alicyclic amines) is 1. The van der Waals surface area contributed by atoms with Crippen LogP contribution in [-0.2, 0) is 4.74 Å². The van der Waals surface area contributed by atoms with E-state index in [0.717, 1.165) is 25.0 Å². The third kappa shape index (κ3) is 2.36. The minimum absolute atomic E-state index is 0.641.